The summed E-state index contributed by atoms with van der Waals surface area (Å²) in [4.78, 5) is 11.8. The third-order valence-corrected chi connectivity index (χ3v) is 4.72. The Morgan fingerprint density at radius 1 is 1.65 bits per heavy atom. The monoisotopic (exact) mass is 257 g/mol. The number of nitrogens with zero attached hydrogens (tertiary/aromatic N) is 1. The van der Waals surface area contributed by atoms with E-state index in [1.807, 2.05) is 6.92 Å². The molecule has 1 aliphatic heterocycles. The Kier molecular flexibility index (Phi) is 3.19. The molecule has 0 radical (unpaired) electrons. The van der Waals surface area contributed by atoms with Gasteiger partial charge in [-0.1, -0.05) is 6.92 Å². The Labute approximate surface area is 99.7 Å². The molecule has 1 aromatic rings. The van der Waals surface area contributed by atoms with E-state index in [0.717, 1.165) is 12.0 Å². The fourth-order valence-electron chi connectivity index (χ4n) is 1.91. The zero-order valence-electron chi connectivity index (χ0n) is 9.56. The molecular weight excluding hydrogens is 242 g/mol. The first-order valence-corrected chi connectivity index (χ1v) is 7.37. The molecule has 0 saturated carbocycles. The number of anilines is 1. The molecule has 2 N–H and O–H groups in total. The maximum Gasteiger partial charge on any atom is 0.229 e. The lowest BCUT2D eigenvalue weighted by Crippen LogP contribution is -2.24. The highest BCUT2D eigenvalue weighted by Gasteiger charge is 2.33. The van der Waals surface area contributed by atoms with Gasteiger partial charge in [0.2, 0.25) is 5.91 Å². The Balaban J connectivity index is 2.03. The molecule has 1 aromatic heterocycles. The largest absolute Gasteiger partial charge is 0.311 e. The van der Waals surface area contributed by atoms with Crippen LogP contribution in [0.2, 0.25) is 0 Å². The van der Waals surface area contributed by atoms with Crippen molar-refractivity contribution in [3.8, 4) is 0 Å². The predicted molar refractivity (Wildman–Crippen MR) is 63.4 cm³/mol. The van der Waals surface area contributed by atoms with Gasteiger partial charge in [-0.2, -0.15) is 5.10 Å². The summed E-state index contributed by atoms with van der Waals surface area (Å²) in [5, 5.41) is 9.24. The number of aromatic amines is 1. The van der Waals surface area contributed by atoms with Crippen molar-refractivity contribution >= 4 is 21.6 Å². The number of aromatic nitrogens is 2. The molecule has 1 saturated heterocycles. The average Bonchev–Trinajstić information content (AvgIpc) is 2.84. The van der Waals surface area contributed by atoms with E-state index in [2.05, 4.69) is 15.5 Å². The van der Waals surface area contributed by atoms with Crippen LogP contribution in [0.3, 0.4) is 0 Å². The number of nitrogens with one attached hydrogen (secondary N) is 2. The van der Waals surface area contributed by atoms with Gasteiger partial charge in [0.05, 0.1) is 23.6 Å². The Morgan fingerprint density at radius 3 is 3.00 bits per heavy atom. The number of sulfone groups is 1. The van der Waals surface area contributed by atoms with Gasteiger partial charge in [0, 0.05) is 5.56 Å². The quantitative estimate of drug-likeness (QED) is 0.817. The van der Waals surface area contributed by atoms with Gasteiger partial charge in [-0.05, 0) is 12.8 Å². The van der Waals surface area contributed by atoms with Crippen molar-refractivity contribution in [3.05, 3.63) is 11.8 Å². The summed E-state index contributed by atoms with van der Waals surface area (Å²) in [6, 6.07) is 0. The molecule has 1 unspecified atom stereocenters. The third-order valence-electron chi connectivity index (χ3n) is 2.95. The highest BCUT2D eigenvalue weighted by Crippen LogP contribution is 2.21. The molecular formula is C10H15N3O3S. The van der Waals surface area contributed by atoms with E-state index >= 15 is 0 Å². The lowest BCUT2D eigenvalue weighted by Gasteiger charge is -2.08. The van der Waals surface area contributed by atoms with Crippen LogP contribution in [0.5, 0.6) is 0 Å². The van der Waals surface area contributed by atoms with E-state index in [9.17, 15) is 13.2 Å². The summed E-state index contributed by atoms with van der Waals surface area (Å²) in [6.07, 6.45) is 2.82. The summed E-state index contributed by atoms with van der Waals surface area (Å²) >= 11 is 0. The smallest absolute Gasteiger partial charge is 0.229 e. The van der Waals surface area contributed by atoms with Crippen molar-refractivity contribution in [2.75, 3.05) is 16.8 Å². The molecule has 0 aliphatic carbocycles. The van der Waals surface area contributed by atoms with Gasteiger partial charge in [-0.3, -0.25) is 9.89 Å². The van der Waals surface area contributed by atoms with Crippen LogP contribution in [0.15, 0.2) is 6.20 Å². The maximum absolute atomic E-state index is 11.8. The standard InChI is InChI=1S/C10H15N3O3S/c1-2-7-5-11-13-9(7)12-10(14)8-3-4-17(15,16)6-8/h5,8H,2-4,6H2,1H3,(H2,11,12,13,14). The number of amides is 1. The molecule has 0 bridgehead atoms. The van der Waals surface area contributed by atoms with Crippen molar-refractivity contribution in [2.45, 2.75) is 19.8 Å². The molecule has 0 aromatic carbocycles. The molecule has 2 rings (SSSR count). The summed E-state index contributed by atoms with van der Waals surface area (Å²) in [6.45, 7) is 1.96. The third kappa shape index (κ3) is 2.66. The lowest BCUT2D eigenvalue weighted by molar-refractivity contribution is -0.119. The number of carbonyl (C=O) groups excluding carboxylic acids is 1. The zero-order valence-corrected chi connectivity index (χ0v) is 10.4. The van der Waals surface area contributed by atoms with Gasteiger partial charge in [0.1, 0.15) is 5.82 Å². The Bertz CT molecular complexity index is 521. The maximum atomic E-state index is 11.8. The molecule has 17 heavy (non-hydrogen) atoms. The molecule has 7 heteroatoms. The van der Waals surface area contributed by atoms with Crippen molar-refractivity contribution in [1.29, 1.82) is 0 Å². The van der Waals surface area contributed by atoms with Gasteiger partial charge in [-0.25, -0.2) is 8.42 Å². The van der Waals surface area contributed by atoms with Crippen LogP contribution in [-0.4, -0.2) is 36.0 Å². The van der Waals surface area contributed by atoms with Crippen molar-refractivity contribution in [3.63, 3.8) is 0 Å². The van der Waals surface area contributed by atoms with Gasteiger partial charge < -0.3 is 5.32 Å². The fraction of sp³-hybridized carbons (Fsp3) is 0.600. The molecule has 94 valence electrons. The van der Waals surface area contributed by atoms with Crippen LogP contribution in [0, 0.1) is 5.92 Å². The number of aryl methyl sites for hydroxylation is 1. The summed E-state index contributed by atoms with van der Waals surface area (Å²) in [5.41, 5.74) is 0.916. The van der Waals surface area contributed by atoms with Crippen LogP contribution < -0.4 is 5.32 Å². The summed E-state index contributed by atoms with van der Waals surface area (Å²) < 4.78 is 22.5. The number of H-pyrrole nitrogens is 1. The minimum atomic E-state index is -3.02. The van der Waals surface area contributed by atoms with Crippen molar-refractivity contribution in [2.24, 2.45) is 5.92 Å². The van der Waals surface area contributed by atoms with Crippen LogP contribution in [-0.2, 0) is 21.1 Å². The second-order valence-corrected chi connectivity index (χ2v) is 6.44. The SMILES string of the molecule is CCc1cn[nH]c1NC(=O)C1CCS(=O)(=O)C1. The van der Waals surface area contributed by atoms with Gasteiger partial charge in [0.15, 0.2) is 9.84 Å². The Morgan fingerprint density at radius 2 is 2.41 bits per heavy atom. The van der Waals surface area contributed by atoms with E-state index in [0.29, 0.717) is 12.2 Å². The normalized spacial score (nSPS) is 22.5. The Hall–Kier alpha value is -1.37. The molecule has 1 aliphatic rings. The van der Waals surface area contributed by atoms with E-state index in [4.69, 9.17) is 0 Å². The van der Waals surface area contributed by atoms with Crippen molar-refractivity contribution in [1.82, 2.24) is 10.2 Å². The van der Waals surface area contributed by atoms with E-state index in [1.54, 1.807) is 6.20 Å². The van der Waals surface area contributed by atoms with Gasteiger partial charge >= 0.3 is 0 Å². The first kappa shape index (κ1) is 12.1. The van der Waals surface area contributed by atoms with E-state index in [1.165, 1.54) is 0 Å². The number of rotatable bonds is 3. The molecule has 1 fully saturated rings. The van der Waals surface area contributed by atoms with E-state index < -0.39 is 15.8 Å². The second-order valence-electron chi connectivity index (χ2n) is 4.21. The van der Waals surface area contributed by atoms with Crippen LogP contribution in [0.4, 0.5) is 5.82 Å². The molecule has 0 spiro atoms. The number of carbonyl (C=O) groups is 1. The van der Waals surface area contributed by atoms with Gasteiger partial charge in [0.25, 0.3) is 0 Å². The number of hydrogen-bond acceptors (Lipinski definition) is 4. The first-order chi connectivity index (χ1) is 8.02. The minimum Gasteiger partial charge on any atom is -0.311 e. The topological polar surface area (TPSA) is 91.9 Å². The summed E-state index contributed by atoms with van der Waals surface area (Å²) in [7, 11) is -3.02. The average molecular weight is 257 g/mol. The second kappa shape index (κ2) is 4.48. The highest BCUT2D eigenvalue weighted by molar-refractivity contribution is 7.91. The van der Waals surface area contributed by atoms with E-state index in [-0.39, 0.29) is 17.4 Å². The molecule has 1 atom stereocenters. The number of hydrogen-bond donors (Lipinski definition) is 2. The van der Waals surface area contributed by atoms with Crippen molar-refractivity contribution < 1.29 is 13.2 Å². The summed E-state index contributed by atoms with van der Waals surface area (Å²) in [5.74, 6) is -0.0526. The van der Waals surface area contributed by atoms with Crippen LogP contribution in [0.1, 0.15) is 18.9 Å². The molecule has 2 heterocycles. The molecule has 6 nitrogen and oxygen atoms in total. The van der Waals surface area contributed by atoms with Crippen LogP contribution in [0.25, 0.3) is 0 Å². The lowest BCUT2D eigenvalue weighted by atomic mass is 10.1. The fourth-order valence-corrected chi connectivity index (χ4v) is 3.66. The first-order valence-electron chi connectivity index (χ1n) is 5.55. The molecule has 1 amide bonds. The minimum absolute atomic E-state index is 0.0472. The zero-order chi connectivity index (χ0) is 12.5. The predicted octanol–water partition coefficient (Wildman–Crippen LogP) is 0.345. The van der Waals surface area contributed by atoms with Crippen LogP contribution >= 0.6 is 0 Å². The highest BCUT2D eigenvalue weighted by atomic mass is 32.2. The van der Waals surface area contributed by atoms with Gasteiger partial charge in [-0.15, -0.1) is 0 Å².